The minimum atomic E-state index is -0.417. The molecule has 1 heterocycles. The molecule has 1 fully saturated rings. The summed E-state index contributed by atoms with van der Waals surface area (Å²) in [7, 11) is 0. The highest BCUT2D eigenvalue weighted by molar-refractivity contribution is 5.80. The van der Waals surface area contributed by atoms with Crippen LogP contribution in [0.2, 0.25) is 0 Å². The van der Waals surface area contributed by atoms with E-state index < -0.39 is 6.04 Å². The third-order valence-electron chi connectivity index (χ3n) is 3.86. The van der Waals surface area contributed by atoms with Crippen LogP contribution in [0.1, 0.15) is 13.3 Å². The van der Waals surface area contributed by atoms with Gasteiger partial charge in [0.2, 0.25) is 5.91 Å². The van der Waals surface area contributed by atoms with E-state index in [2.05, 4.69) is 45.4 Å². The summed E-state index contributed by atoms with van der Waals surface area (Å²) in [6, 6.07) is 10.1. The van der Waals surface area contributed by atoms with Crippen LogP contribution in [0, 0.1) is 0 Å². The van der Waals surface area contributed by atoms with E-state index in [9.17, 15) is 4.79 Å². The standard InChI is InChI=1S/C16H26N4O/c1-14(17)16(21)18-8-5-9-19-10-12-20(13-11-19)15-6-3-2-4-7-15/h2-4,6-7,14H,5,8-13,17H2,1H3,(H,18,21). The van der Waals surface area contributed by atoms with Crippen LogP contribution < -0.4 is 16.0 Å². The molecule has 1 atom stereocenters. The molecule has 0 saturated carbocycles. The van der Waals surface area contributed by atoms with Gasteiger partial charge in [0.15, 0.2) is 0 Å². The normalized spacial score (nSPS) is 17.5. The van der Waals surface area contributed by atoms with Crippen molar-refractivity contribution in [3.8, 4) is 0 Å². The maximum absolute atomic E-state index is 11.3. The van der Waals surface area contributed by atoms with Crippen LogP contribution in [0.15, 0.2) is 30.3 Å². The van der Waals surface area contributed by atoms with Crippen molar-refractivity contribution in [2.45, 2.75) is 19.4 Å². The SMILES string of the molecule is CC(N)C(=O)NCCCN1CCN(c2ccccc2)CC1. The Balaban J connectivity index is 1.62. The summed E-state index contributed by atoms with van der Waals surface area (Å²) in [4.78, 5) is 16.2. The molecule has 0 bridgehead atoms. The van der Waals surface area contributed by atoms with E-state index >= 15 is 0 Å². The number of hydrogen-bond acceptors (Lipinski definition) is 4. The van der Waals surface area contributed by atoms with E-state index in [4.69, 9.17) is 5.73 Å². The number of para-hydroxylation sites is 1. The van der Waals surface area contributed by atoms with Crippen molar-refractivity contribution in [1.29, 1.82) is 0 Å². The van der Waals surface area contributed by atoms with Crippen LogP contribution in [0.3, 0.4) is 0 Å². The lowest BCUT2D eigenvalue weighted by Gasteiger charge is -2.36. The number of nitrogens with two attached hydrogens (primary N) is 1. The van der Waals surface area contributed by atoms with E-state index in [0.29, 0.717) is 6.54 Å². The average Bonchev–Trinajstić information content (AvgIpc) is 2.52. The first-order chi connectivity index (χ1) is 10.2. The molecular formula is C16H26N4O. The number of amides is 1. The number of benzene rings is 1. The summed E-state index contributed by atoms with van der Waals surface area (Å²) >= 11 is 0. The summed E-state index contributed by atoms with van der Waals surface area (Å²) in [5, 5.41) is 2.86. The molecule has 2 rings (SSSR count). The van der Waals surface area contributed by atoms with Crippen molar-refractivity contribution in [1.82, 2.24) is 10.2 Å². The molecule has 1 unspecified atom stereocenters. The maximum Gasteiger partial charge on any atom is 0.236 e. The van der Waals surface area contributed by atoms with Gasteiger partial charge in [-0.3, -0.25) is 9.69 Å². The average molecular weight is 290 g/mol. The third-order valence-corrected chi connectivity index (χ3v) is 3.86. The minimum absolute atomic E-state index is 0.0658. The molecule has 1 aliphatic rings. The summed E-state index contributed by atoms with van der Waals surface area (Å²) < 4.78 is 0. The lowest BCUT2D eigenvalue weighted by Crippen LogP contribution is -2.47. The molecule has 3 N–H and O–H groups in total. The Morgan fingerprint density at radius 1 is 1.24 bits per heavy atom. The van der Waals surface area contributed by atoms with Gasteiger partial charge in [-0.25, -0.2) is 0 Å². The van der Waals surface area contributed by atoms with Crippen LogP contribution in [-0.2, 0) is 4.79 Å². The minimum Gasteiger partial charge on any atom is -0.369 e. The number of carbonyl (C=O) groups is 1. The van der Waals surface area contributed by atoms with Gasteiger partial charge >= 0.3 is 0 Å². The Labute approximate surface area is 127 Å². The molecule has 5 nitrogen and oxygen atoms in total. The van der Waals surface area contributed by atoms with Crippen LogP contribution >= 0.6 is 0 Å². The van der Waals surface area contributed by atoms with E-state index in [1.165, 1.54) is 5.69 Å². The molecule has 1 aromatic carbocycles. The van der Waals surface area contributed by atoms with Gasteiger partial charge < -0.3 is 16.0 Å². The third kappa shape index (κ3) is 5.02. The van der Waals surface area contributed by atoms with E-state index in [1.54, 1.807) is 6.92 Å². The number of hydrogen-bond donors (Lipinski definition) is 2. The van der Waals surface area contributed by atoms with Crippen molar-refractivity contribution < 1.29 is 4.79 Å². The van der Waals surface area contributed by atoms with E-state index in [0.717, 1.165) is 39.1 Å². The molecule has 0 aromatic heterocycles. The molecule has 1 aliphatic heterocycles. The molecule has 0 aliphatic carbocycles. The lowest BCUT2D eigenvalue weighted by molar-refractivity contribution is -0.121. The van der Waals surface area contributed by atoms with Gasteiger partial charge in [-0.15, -0.1) is 0 Å². The van der Waals surface area contributed by atoms with E-state index in [-0.39, 0.29) is 5.91 Å². The molecule has 1 saturated heterocycles. The quantitative estimate of drug-likeness (QED) is 0.756. The predicted molar refractivity (Wildman–Crippen MR) is 86.4 cm³/mol. The van der Waals surface area contributed by atoms with Crippen LogP contribution in [0.4, 0.5) is 5.69 Å². The highest BCUT2D eigenvalue weighted by Crippen LogP contribution is 2.15. The van der Waals surface area contributed by atoms with Crippen molar-refractivity contribution in [3.05, 3.63) is 30.3 Å². The molecule has 0 radical (unpaired) electrons. The molecular weight excluding hydrogens is 264 g/mol. The van der Waals surface area contributed by atoms with Crippen LogP contribution in [0.5, 0.6) is 0 Å². The van der Waals surface area contributed by atoms with Crippen molar-refractivity contribution in [3.63, 3.8) is 0 Å². The summed E-state index contributed by atoms with van der Waals surface area (Å²) in [6.07, 6.45) is 0.976. The number of rotatable bonds is 6. The van der Waals surface area contributed by atoms with Crippen molar-refractivity contribution >= 4 is 11.6 Å². The lowest BCUT2D eigenvalue weighted by atomic mass is 10.2. The Bertz CT molecular complexity index is 427. The van der Waals surface area contributed by atoms with Gasteiger partial charge in [0.05, 0.1) is 6.04 Å². The zero-order valence-corrected chi connectivity index (χ0v) is 12.8. The van der Waals surface area contributed by atoms with Crippen LogP contribution in [0.25, 0.3) is 0 Å². The Morgan fingerprint density at radius 3 is 2.52 bits per heavy atom. The second kappa shape index (κ2) is 8.00. The molecule has 1 aromatic rings. The molecule has 1 amide bonds. The smallest absolute Gasteiger partial charge is 0.236 e. The van der Waals surface area contributed by atoms with Crippen molar-refractivity contribution in [2.75, 3.05) is 44.2 Å². The van der Waals surface area contributed by atoms with Gasteiger partial charge in [0.1, 0.15) is 0 Å². The molecule has 0 spiro atoms. The fourth-order valence-corrected chi connectivity index (χ4v) is 2.54. The zero-order valence-electron chi connectivity index (χ0n) is 12.8. The molecule has 5 heteroatoms. The number of piperazine rings is 1. The number of nitrogens with zero attached hydrogens (tertiary/aromatic N) is 2. The second-order valence-electron chi connectivity index (χ2n) is 5.60. The van der Waals surface area contributed by atoms with Gasteiger partial charge in [0.25, 0.3) is 0 Å². The Kier molecular flexibility index (Phi) is 6.02. The first kappa shape index (κ1) is 15.8. The fourth-order valence-electron chi connectivity index (χ4n) is 2.54. The Hall–Kier alpha value is -1.59. The second-order valence-corrected chi connectivity index (χ2v) is 5.60. The van der Waals surface area contributed by atoms with Crippen molar-refractivity contribution in [2.24, 2.45) is 5.73 Å². The van der Waals surface area contributed by atoms with E-state index in [1.807, 2.05) is 0 Å². The number of nitrogens with one attached hydrogen (secondary N) is 1. The largest absolute Gasteiger partial charge is 0.369 e. The number of anilines is 1. The highest BCUT2D eigenvalue weighted by Gasteiger charge is 2.16. The van der Waals surface area contributed by atoms with Gasteiger partial charge in [-0.2, -0.15) is 0 Å². The summed E-state index contributed by atoms with van der Waals surface area (Å²) in [5.74, 6) is -0.0658. The zero-order chi connectivity index (χ0) is 15.1. The highest BCUT2D eigenvalue weighted by atomic mass is 16.2. The fraction of sp³-hybridized carbons (Fsp3) is 0.562. The van der Waals surface area contributed by atoms with Gasteiger partial charge in [-0.05, 0) is 32.0 Å². The maximum atomic E-state index is 11.3. The van der Waals surface area contributed by atoms with Gasteiger partial charge in [0, 0.05) is 38.4 Å². The Morgan fingerprint density at radius 2 is 1.90 bits per heavy atom. The summed E-state index contributed by atoms with van der Waals surface area (Å²) in [6.45, 7) is 7.73. The number of carbonyl (C=O) groups excluding carboxylic acids is 1. The predicted octanol–water partition coefficient (Wildman–Crippen LogP) is 0.662. The topological polar surface area (TPSA) is 61.6 Å². The molecule has 116 valence electrons. The van der Waals surface area contributed by atoms with Gasteiger partial charge in [-0.1, -0.05) is 18.2 Å². The first-order valence-electron chi connectivity index (χ1n) is 7.72. The monoisotopic (exact) mass is 290 g/mol. The molecule has 21 heavy (non-hydrogen) atoms. The van der Waals surface area contributed by atoms with Crippen LogP contribution in [-0.4, -0.2) is 56.1 Å². The first-order valence-corrected chi connectivity index (χ1v) is 7.72. The summed E-state index contributed by atoms with van der Waals surface area (Å²) in [5.41, 5.74) is 6.81.